The first-order chi connectivity index (χ1) is 7.72. The van der Waals surface area contributed by atoms with E-state index in [4.69, 9.17) is 4.79 Å². The number of carbonyl (C=O) groups is 3. The number of rotatable bonds is 3. The fraction of sp³-hybridized carbons (Fsp3) is 0.667. The monoisotopic (exact) mass is 307 g/mol. The summed E-state index contributed by atoms with van der Waals surface area (Å²) in [4.78, 5) is 32.0. The second-order valence-corrected chi connectivity index (χ2v) is 3.69. The van der Waals surface area contributed by atoms with Gasteiger partial charge in [-0.2, -0.15) is 0 Å². The normalized spacial score (nSPS) is 7.22. The maximum atomic E-state index is 10.4. The van der Waals surface area contributed by atoms with E-state index in [2.05, 4.69) is 31.0 Å². The van der Waals surface area contributed by atoms with Crippen LogP contribution in [0.5, 0.6) is 0 Å². The summed E-state index contributed by atoms with van der Waals surface area (Å²) in [6, 6.07) is 0. The molecule has 0 aromatic carbocycles. The van der Waals surface area contributed by atoms with Crippen LogP contribution >= 0.6 is 25.3 Å². The van der Waals surface area contributed by atoms with Crippen molar-refractivity contribution in [3.63, 3.8) is 0 Å². The van der Waals surface area contributed by atoms with Crippen molar-refractivity contribution < 1.29 is 45.4 Å². The number of thiol groups is 2. The zero-order valence-corrected chi connectivity index (χ0v) is 15.4. The second kappa shape index (κ2) is 19.4. The van der Waals surface area contributed by atoms with Gasteiger partial charge in [0.15, 0.2) is 0 Å². The van der Waals surface area contributed by atoms with Crippen LogP contribution in [0, 0.1) is 0 Å². The van der Waals surface area contributed by atoms with Gasteiger partial charge in [-0.25, -0.2) is 0 Å². The first-order valence-electron chi connectivity index (χ1n) is 4.80. The van der Waals surface area contributed by atoms with Crippen molar-refractivity contribution in [2.24, 2.45) is 5.73 Å². The van der Waals surface area contributed by atoms with E-state index in [1.807, 2.05) is 13.8 Å². The Hall–Kier alpha value is 0.110. The van der Waals surface area contributed by atoms with Crippen LogP contribution in [-0.4, -0.2) is 53.9 Å². The largest absolute Gasteiger partial charge is 1.00 e. The van der Waals surface area contributed by atoms with Crippen molar-refractivity contribution in [1.82, 2.24) is 9.80 Å². The maximum Gasteiger partial charge on any atom is 1.00 e. The van der Waals surface area contributed by atoms with E-state index < -0.39 is 5.24 Å². The number of carbonyl (C=O) groups excluding carboxylic acids is 3. The summed E-state index contributed by atoms with van der Waals surface area (Å²) in [5.74, 6) is 0. The Balaban J connectivity index is -0.0000000524. The molecule has 18 heavy (non-hydrogen) atoms. The Bertz CT molecular complexity index is 229. The molecule has 0 atom stereocenters. The third kappa shape index (κ3) is 36.0. The Morgan fingerprint density at radius 3 is 1.44 bits per heavy atom. The van der Waals surface area contributed by atoms with E-state index in [1.54, 1.807) is 19.0 Å². The molecule has 0 spiro atoms. The van der Waals surface area contributed by atoms with E-state index in [0.29, 0.717) is 0 Å². The Kier molecular flexibility index (Phi) is 28.8. The minimum atomic E-state index is -0.639. The van der Waals surface area contributed by atoms with Crippen LogP contribution in [0.15, 0.2) is 0 Å². The number of hydrogen-bond donors (Lipinski definition) is 3. The molecule has 0 heterocycles. The molecule has 6 nitrogen and oxygen atoms in total. The molecule has 0 rings (SSSR count). The number of nitrogens with two attached hydrogens (primary N) is 1. The van der Waals surface area contributed by atoms with Crippen molar-refractivity contribution in [2.75, 3.05) is 27.2 Å². The zero-order valence-electron chi connectivity index (χ0n) is 12.6. The van der Waals surface area contributed by atoms with Crippen LogP contribution in [0.1, 0.15) is 15.3 Å². The molecule has 0 bridgehead atoms. The minimum absolute atomic E-state index is 0. The number of hydrogen-bond acceptors (Lipinski definition) is 3. The van der Waals surface area contributed by atoms with Gasteiger partial charge in [0.25, 0.3) is 10.5 Å². The van der Waals surface area contributed by atoms with Crippen LogP contribution in [-0.2, 0) is 4.79 Å². The van der Waals surface area contributed by atoms with E-state index >= 15 is 0 Å². The average Bonchev–Trinajstić information content (AvgIpc) is 2.19. The number of nitrogens with zero attached hydrogens (tertiary/aromatic N) is 2. The summed E-state index contributed by atoms with van der Waals surface area (Å²) in [6.45, 7) is 5.35. The standard InChI is InChI=1S/C5H11NOS.C3H7NO.CH3NOS.Na.H/c1-3-6(4-2)5(7)8;1-4(2)3-5;2-1(3)4;;/h3-4H2,1-2H3,(H,7,8);3H,1-2H3;(H3,2,3,4);;/q;;;+1;-1. The van der Waals surface area contributed by atoms with Gasteiger partial charge in [0.05, 0.1) is 0 Å². The fourth-order valence-corrected chi connectivity index (χ4v) is 0.777. The van der Waals surface area contributed by atoms with Gasteiger partial charge in [-0.05, 0) is 13.8 Å². The van der Waals surface area contributed by atoms with Crippen LogP contribution in [0.25, 0.3) is 0 Å². The van der Waals surface area contributed by atoms with E-state index in [1.165, 1.54) is 4.90 Å². The smallest absolute Gasteiger partial charge is 1.00 e. The van der Waals surface area contributed by atoms with Crippen molar-refractivity contribution in [2.45, 2.75) is 13.8 Å². The topological polar surface area (TPSA) is 83.7 Å². The van der Waals surface area contributed by atoms with Gasteiger partial charge in [-0.3, -0.25) is 14.4 Å². The average molecular weight is 307 g/mol. The maximum absolute atomic E-state index is 10.4. The molecule has 0 aliphatic rings. The van der Waals surface area contributed by atoms with Gasteiger partial charge < -0.3 is 17.0 Å². The molecule has 104 valence electrons. The molecule has 0 radical (unpaired) electrons. The van der Waals surface area contributed by atoms with Crippen molar-refractivity contribution >= 4 is 42.1 Å². The Morgan fingerprint density at radius 2 is 1.44 bits per heavy atom. The summed E-state index contributed by atoms with van der Waals surface area (Å²) in [5.41, 5.74) is 4.34. The molecule has 9 heteroatoms. The van der Waals surface area contributed by atoms with Gasteiger partial charge in [0.2, 0.25) is 6.41 Å². The molecule has 0 aliphatic carbocycles. The number of primary amides is 1. The van der Waals surface area contributed by atoms with Gasteiger partial charge in [0.1, 0.15) is 0 Å². The number of amides is 3. The molecule has 0 saturated heterocycles. The van der Waals surface area contributed by atoms with E-state index in [0.717, 1.165) is 19.5 Å². The van der Waals surface area contributed by atoms with Gasteiger partial charge in [0, 0.05) is 27.2 Å². The minimum Gasteiger partial charge on any atom is -1.00 e. The van der Waals surface area contributed by atoms with E-state index in [-0.39, 0.29) is 36.2 Å². The van der Waals surface area contributed by atoms with Crippen LogP contribution in [0.2, 0.25) is 0 Å². The predicted molar refractivity (Wildman–Crippen MR) is 76.7 cm³/mol. The van der Waals surface area contributed by atoms with Crippen LogP contribution in [0.4, 0.5) is 9.59 Å². The summed E-state index contributed by atoms with van der Waals surface area (Å²) in [7, 11) is 3.38. The van der Waals surface area contributed by atoms with Crippen LogP contribution in [0.3, 0.4) is 0 Å². The Labute approximate surface area is 143 Å². The first kappa shape index (κ1) is 26.6. The predicted octanol–water partition coefficient (Wildman–Crippen LogP) is -1.81. The molecule has 0 fully saturated rings. The summed E-state index contributed by atoms with van der Waals surface area (Å²) < 4.78 is 0. The summed E-state index contributed by atoms with van der Waals surface area (Å²) in [5, 5.41) is -0.782. The van der Waals surface area contributed by atoms with Gasteiger partial charge in [-0.1, -0.05) is 25.3 Å². The third-order valence-corrected chi connectivity index (χ3v) is 1.53. The SMILES string of the molecule is CCN(CC)C(=O)S.CN(C)C=O.NC(=O)S.[H-].[Na+]. The third-order valence-electron chi connectivity index (χ3n) is 1.24. The van der Waals surface area contributed by atoms with Crippen LogP contribution < -0.4 is 35.3 Å². The molecule has 0 unspecified atom stereocenters. The molecule has 2 N–H and O–H groups in total. The molecule has 0 saturated carbocycles. The Morgan fingerprint density at radius 1 is 1.22 bits per heavy atom. The zero-order chi connectivity index (χ0) is 14.4. The molecule has 0 aliphatic heterocycles. The molecule has 0 aromatic rings. The molecule has 3 amide bonds. The summed E-state index contributed by atoms with van der Waals surface area (Å²) in [6.07, 6.45) is 0.750. The molecular formula is C9H22N3NaO3S2. The second-order valence-electron chi connectivity index (χ2n) is 2.86. The molecular weight excluding hydrogens is 285 g/mol. The van der Waals surface area contributed by atoms with Gasteiger partial charge >= 0.3 is 29.6 Å². The quantitative estimate of drug-likeness (QED) is 0.327. The van der Waals surface area contributed by atoms with Gasteiger partial charge in [-0.15, -0.1) is 0 Å². The molecule has 0 aromatic heterocycles. The van der Waals surface area contributed by atoms with Crippen molar-refractivity contribution in [3.05, 3.63) is 0 Å². The summed E-state index contributed by atoms with van der Waals surface area (Å²) >= 11 is 6.75. The fourth-order valence-electron chi connectivity index (χ4n) is 0.494. The van der Waals surface area contributed by atoms with Crippen molar-refractivity contribution in [3.8, 4) is 0 Å². The van der Waals surface area contributed by atoms with Crippen molar-refractivity contribution in [1.29, 1.82) is 0 Å². The first-order valence-corrected chi connectivity index (χ1v) is 5.70. The van der Waals surface area contributed by atoms with E-state index in [9.17, 15) is 9.59 Å².